The lowest BCUT2D eigenvalue weighted by Gasteiger charge is -2.27. The number of benzene rings is 2. The fraction of sp³-hybridized carbons (Fsp3) is 0.435. The van der Waals surface area contributed by atoms with Crippen molar-refractivity contribution in [2.75, 3.05) is 24.7 Å². The minimum atomic E-state index is -0.319. The molecule has 0 radical (unpaired) electrons. The van der Waals surface area contributed by atoms with Gasteiger partial charge in [-0.05, 0) is 48.1 Å². The Hall–Kier alpha value is -1.40. The third kappa shape index (κ3) is 6.81. The van der Waals surface area contributed by atoms with Crippen LogP contribution < -0.4 is 14.8 Å². The van der Waals surface area contributed by atoms with E-state index in [1.807, 2.05) is 42.7 Å². The Morgan fingerprint density at radius 1 is 1.10 bits per heavy atom. The summed E-state index contributed by atoms with van der Waals surface area (Å²) in [7, 11) is 0. The molecule has 0 bridgehead atoms. The van der Waals surface area contributed by atoms with Crippen molar-refractivity contribution in [3.8, 4) is 5.75 Å². The number of anilines is 1. The summed E-state index contributed by atoms with van der Waals surface area (Å²) in [5, 5.41) is 3.96. The van der Waals surface area contributed by atoms with Gasteiger partial charge in [-0.15, -0.1) is 0 Å². The van der Waals surface area contributed by atoms with E-state index in [-0.39, 0.29) is 11.3 Å². The molecule has 0 heterocycles. The van der Waals surface area contributed by atoms with E-state index in [1.165, 1.54) is 11.9 Å². The molecule has 0 saturated heterocycles. The second kappa shape index (κ2) is 11.8. The van der Waals surface area contributed by atoms with Crippen LogP contribution in [0.3, 0.4) is 0 Å². The Bertz CT molecular complexity index is 819. The summed E-state index contributed by atoms with van der Waals surface area (Å²) in [6.45, 7) is 7.58. The second-order valence-electron chi connectivity index (χ2n) is 7.57. The Labute approximate surface area is 194 Å². The summed E-state index contributed by atoms with van der Waals surface area (Å²) in [6, 6.07) is 11.7. The summed E-state index contributed by atoms with van der Waals surface area (Å²) < 4.78 is 8.82. The highest BCUT2D eigenvalue weighted by Gasteiger charge is 2.25. The Morgan fingerprint density at radius 3 is 2.30 bits per heavy atom. The van der Waals surface area contributed by atoms with Gasteiger partial charge in [-0.2, -0.15) is 0 Å². The van der Waals surface area contributed by atoms with Gasteiger partial charge in [0.25, 0.3) is 0 Å². The molecule has 2 N–H and O–H groups in total. The summed E-state index contributed by atoms with van der Waals surface area (Å²) in [4.78, 5) is 12.0. The van der Waals surface area contributed by atoms with E-state index in [0.717, 1.165) is 29.7 Å². The maximum absolute atomic E-state index is 12.0. The number of carbonyl (C=O) groups is 1. The highest BCUT2D eigenvalue weighted by molar-refractivity contribution is 7.96. The summed E-state index contributed by atoms with van der Waals surface area (Å²) >= 11 is 14.5. The molecule has 0 atom stereocenters. The molecule has 2 rings (SSSR count). The number of carbonyl (C=O) groups excluding carboxylic acids is 1. The molecule has 0 fully saturated rings. The van der Waals surface area contributed by atoms with E-state index in [0.29, 0.717) is 35.4 Å². The van der Waals surface area contributed by atoms with Gasteiger partial charge in [-0.25, -0.2) is 0 Å². The minimum absolute atomic E-state index is 0.0132. The van der Waals surface area contributed by atoms with Crippen molar-refractivity contribution < 1.29 is 9.53 Å². The maximum Gasteiger partial charge on any atom is 0.225 e. The molecule has 1 amide bonds. The van der Waals surface area contributed by atoms with Crippen LogP contribution >= 0.6 is 35.1 Å². The van der Waals surface area contributed by atoms with Gasteiger partial charge in [0.1, 0.15) is 0 Å². The van der Waals surface area contributed by atoms with E-state index in [4.69, 9.17) is 27.9 Å². The predicted octanol–water partition coefficient (Wildman–Crippen LogP) is 6.69. The SMILES string of the molecule is CCCCOc1c(Cl)cc(C(C)(C)c2ccc(NC(=O)CCNSC)cc2)cc1Cl. The number of rotatable bonds is 11. The molecule has 0 aliphatic rings. The molecule has 7 heteroatoms. The van der Waals surface area contributed by atoms with Crippen molar-refractivity contribution in [3.63, 3.8) is 0 Å². The summed E-state index contributed by atoms with van der Waals surface area (Å²) in [6.07, 6.45) is 4.37. The van der Waals surface area contributed by atoms with Crippen molar-refractivity contribution in [3.05, 3.63) is 57.6 Å². The van der Waals surface area contributed by atoms with E-state index in [1.54, 1.807) is 0 Å². The van der Waals surface area contributed by atoms with Crippen molar-refractivity contribution in [1.29, 1.82) is 0 Å². The van der Waals surface area contributed by atoms with Crippen molar-refractivity contribution >= 4 is 46.7 Å². The second-order valence-corrected chi connectivity index (χ2v) is 9.08. The first-order valence-electron chi connectivity index (χ1n) is 10.1. The lowest BCUT2D eigenvalue weighted by Crippen LogP contribution is -2.20. The quantitative estimate of drug-likeness (QED) is 0.284. The van der Waals surface area contributed by atoms with Crippen molar-refractivity contribution in [2.24, 2.45) is 0 Å². The predicted molar refractivity (Wildman–Crippen MR) is 130 cm³/mol. The standard InChI is InChI=1S/C23H30Cl2N2O2S/c1-5-6-13-29-22-19(24)14-17(15-20(22)25)23(2,3)16-7-9-18(10-8-16)27-21(28)11-12-26-30-4/h7-10,14-15,26H,5-6,11-13H2,1-4H3,(H,27,28). The molecule has 0 aliphatic carbocycles. The van der Waals surface area contributed by atoms with Crippen molar-refractivity contribution in [2.45, 2.75) is 45.4 Å². The zero-order valence-electron chi connectivity index (χ0n) is 18.0. The fourth-order valence-electron chi connectivity index (χ4n) is 3.00. The number of hydrogen-bond donors (Lipinski definition) is 2. The van der Waals surface area contributed by atoms with Gasteiger partial charge in [-0.1, -0.05) is 74.5 Å². The first-order chi connectivity index (χ1) is 14.3. The minimum Gasteiger partial charge on any atom is -0.490 e. The molecule has 0 aromatic heterocycles. The largest absolute Gasteiger partial charge is 0.490 e. The summed E-state index contributed by atoms with van der Waals surface area (Å²) in [5.41, 5.74) is 2.55. The lowest BCUT2D eigenvalue weighted by atomic mass is 9.78. The third-order valence-corrected chi connectivity index (χ3v) is 6.01. The molecular weight excluding hydrogens is 439 g/mol. The van der Waals surface area contributed by atoms with Gasteiger partial charge in [-0.3, -0.25) is 9.52 Å². The highest BCUT2D eigenvalue weighted by Crippen LogP contribution is 2.40. The van der Waals surface area contributed by atoms with E-state index < -0.39 is 0 Å². The third-order valence-electron chi connectivity index (χ3n) is 4.95. The molecule has 30 heavy (non-hydrogen) atoms. The number of halogens is 2. The molecule has 0 aliphatic heterocycles. The van der Waals surface area contributed by atoms with Gasteiger partial charge >= 0.3 is 0 Å². The molecule has 164 valence electrons. The number of unbranched alkanes of at least 4 members (excludes halogenated alkanes) is 1. The molecule has 0 saturated carbocycles. The normalized spacial score (nSPS) is 11.4. The zero-order chi connectivity index (χ0) is 22.1. The average molecular weight is 469 g/mol. The Morgan fingerprint density at radius 2 is 1.73 bits per heavy atom. The van der Waals surface area contributed by atoms with Gasteiger partial charge in [0.2, 0.25) is 5.91 Å². The highest BCUT2D eigenvalue weighted by atomic mass is 35.5. The van der Waals surface area contributed by atoms with E-state index >= 15 is 0 Å². The van der Waals surface area contributed by atoms with Crippen LogP contribution in [0.25, 0.3) is 0 Å². The molecule has 0 spiro atoms. The van der Waals surface area contributed by atoms with E-state index in [9.17, 15) is 4.79 Å². The van der Waals surface area contributed by atoms with E-state index in [2.05, 4.69) is 30.8 Å². The lowest BCUT2D eigenvalue weighted by molar-refractivity contribution is -0.116. The van der Waals surface area contributed by atoms with Crippen LogP contribution in [0.1, 0.15) is 51.2 Å². The Kier molecular flexibility index (Phi) is 9.82. The zero-order valence-corrected chi connectivity index (χ0v) is 20.3. The molecule has 2 aromatic rings. The molecule has 2 aromatic carbocycles. The first-order valence-corrected chi connectivity index (χ1v) is 12.1. The van der Waals surface area contributed by atoms with Gasteiger partial charge in [0.05, 0.1) is 16.7 Å². The number of nitrogens with one attached hydrogen (secondary N) is 2. The number of ether oxygens (including phenoxy) is 1. The smallest absolute Gasteiger partial charge is 0.225 e. The summed E-state index contributed by atoms with van der Waals surface area (Å²) in [5.74, 6) is 0.529. The molecule has 0 unspecified atom stereocenters. The Balaban J connectivity index is 2.13. The van der Waals surface area contributed by atoms with Crippen molar-refractivity contribution in [1.82, 2.24) is 4.72 Å². The topological polar surface area (TPSA) is 50.4 Å². The van der Waals surface area contributed by atoms with Crippen LogP contribution in [0.4, 0.5) is 5.69 Å². The molecular formula is C23H30Cl2N2O2S. The first kappa shape index (κ1) is 24.9. The van der Waals surface area contributed by atoms with Crippen LogP contribution in [-0.2, 0) is 10.2 Å². The van der Waals surface area contributed by atoms with Gasteiger partial charge in [0, 0.05) is 24.1 Å². The van der Waals surface area contributed by atoms with Crippen LogP contribution in [0, 0.1) is 0 Å². The van der Waals surface area contributed by atoms with Gasteiger partial charge in [0.15, 0.2) is 5.75 Å². The number of amides is 1. The van der Waals surface area contributed by atoms with Gasteiger partial charge < -0.3 is 10.1 Å². The van der Waals surface area contributed by atoms with Crippen LogP contribution in [0.15, 0.2) is 36.4 Å². The van der Waals surface area contributed by atoms with Crippen LogP contribution in [0.5, 0.6) is 5.75 Å². The van der Waals surface area contributed by atoms with Crippen LogP contribution in [-0.4, -0.2) is 25.3 Å². The van der Waals surface area contributed by atoms with Crippen LogP contribution in [0.2, 0.25) is 10.0 Å². The monoisotopic (exact) mass is 468 g/mol. The average Bonchev–Trinajstić information content (AvgIpc) is 2.70. The maximum atomic E-state index is 12.0. The number of hydrogen-bond acceptors (Lipinski definition) is 4. The molecule has 4 nitrogen and oxygen atoms in total. The fourth-order valence-corrected chi connectivity index (χ4v) is 3.91.